The molecule has 0 saturated heterocycles. The quantitative estimate of drug-likeness (QED) is 0.524. The zero-order valence-electron chi connectivity index (χ0n) is 14.6. The van der Waals surface area contributed by atoms with Crippen molar-refractivity contribution in [3.8, 4) is 6.07 Å². The van der Waals surface area contributed by atoms with Crippen LogP contribution >= 0.6 is 23.2 Å². The van der Waals surface area contributed by atoms with E-state index in [-0.39, 0.29) is 0 Å². The molecule has 0 bridgehead atoms. The first-order valence-electron chi connectivity index (χ1n) is 8.06. The van der Waals surface area contributed by atoms with E-state index in [4.69, 9.17) is 28.5 Å². The predicted octanol–water partition coefficient (Wildman–Crippen LogP) is 6.77. The van der Waals surface area contributed by atoms with Crippen LogP contribution in [0.15, 0.2) is 40.6 Å². The number of benzene rings is 2. The molecule has 130 valence electrons. The minimum Gasteiger partial charge on any atom is -0.371 e. The summed E-state index contributed by atoms with van der Waals surface area (Å²) in [6.45, 7) is 7.53. The molecule has 2 rings (SSSR count). The Labute approximate surface area is 158 Å². The first-order valence-corrected chi connectivity index (χ1v) is 8.81. The maximum atomic E-state index is 8.77. The summed E-state index contributed by atoms with van der Waals surface area (Å²) in [5.41, 5.74) is 4.28. The fourth-order valence-corrected chi connectivity index (χ4v) is 3.17. The van der Waals surface area contributed by atoms with Crippen molar-refractivity contribution in [2.24, 2.45) is 10.2 Å². The summed E-state index contributed by atoms with van der Waals surface area (Å²) >= 11 is 12.4. The summed E-state index contributed by atoms with van der Waals surface area (Å²) in [6.07, 6.45) is 0.499. The van der Waals surface area contributed by atoms with Gasteiger partial charge in [0.05, 0.1) is 28.2 Å². The number of nitriles is 1. The third kappa shape index (κ3) is 4.94. The van der Waals surface area contributed by atoms with Crippen LogP contribution in [0.3, 0.4) is 0 Å². The lowest BCUT2D eigenvalue weighted by atomic mass is 10.1. The second-order valence-corrected chi connectivity index (χ2v) is 6.55. The Morgan fingerprint density at radius 3 is 2.32 bits per heavy atom. The van der Waals surface area contributed by atoms with Crippen molar-refractivity contribution in [3.63, 3.8) is 0 Å². The van der Waals surface area contributed by atoms with Gasteiger partial charge in [0.15, 0.2) is 0 Å². The largest absolute Gasteiger partial charge is 0.371 e. The van der Waals surface area contributed by atoms with Crippen LogP contribution in [-0.2, 0) is 0 Å². The summed E-state index contributed by atoms with van der Waals surface area (Å²) in [4.78, 5) is 2.16. The molecule has 0 N–H and O–H groups in total. The van der Waals surface area contributed by atoms with Crippen molar-refractivity contribution in [1.29, 1.82) is 5.26 Å². The van der Waals surface area contributed by atoms with Crippen molar-refractivity contribution in [2.75, 3.05) is 18.0 Å². The second-order valence-electron chi connectivity index (χ2n) is 5.74. The van der Waals surface area contributed by atoms with Crippen molar-refractivity contribution in [3.05, 3.63) is 51.5 Å². The maximum absolute atomic E-state index is 8.77. The molecule has 6 heteroatoms. The second kappa shape index (κ2) is 8.84. The number of hydrogen-bond acceptors (Lipinski definition) is 4. The van der Waals surface area contributed by atoms with Gasteiger partial charge < -0.3 is 4.90 Å². The van der Waals surface area contributed by atoms with E-state index in [0.717, 1.165) is 29.0 Å². The molecule has 0 radical (unpaired) electrons. The first-order chi connectivity index (χ1) is 12.0. The Kier molecular flexibility index (Phi) is 6.81. The highest BCUT2D eigenvalue weighted by molar-refractivity contribution is 6.38. The Bertz CT molecular complexity index is 802. The lowest BCUT2D eigenvalue weighted by molar-refractivity contribution is 0.826. The van der Waals surface area contributed by atoms with E-state index >= 15 is 0 Å². The average Bonchev–Trinajstić information content (AvgIpc) is 2.56. The third-order valence-electron chi connectivity index (χ3n) is 3.84. The van der Waals surface area contributed by atoms with Crippen LogP contribution in [0.2, 0.25) is 10.0 Å². The van der Waals surface area contributed by atoms with Crippen molar-refractivity contribution < 1.29 is 0 Å². The summed E-state index contributed by atoms with van der Waals surface area (Å²) in [6, 6.07) is 11.8. The van der Waals surface area contributed by atoms with Gasteiger partial charge in [-0.2, -0.15) is 10.4 Å². The number of halogens is 2. The number of rotatable bonds is 6. The van der Waals surface area contributed by atoms with Crippen LogP contribution < -0.4 is 4.90 Å². The molecule has 0 aliphatic heterocycles. The normalized spacial score (nSPS) is 10.9. The predicted molar refractivity (Wildman–Crippen MR) is 105 cm³/mol. The summed E-state index contributed by atoms with van der Waals surface area (Å²) in [5.74, 6) is 0. The van der Waals surface area contributed by atoms with Crippen molar-refractivity contribution >= 4 is 40.3 Å². The van der Waals surface area contributed by atoms with Gasteiger partial charge in [0.25, 0.3) is 0 Å². The third-order valence-corrected chi connectivity index (χ3v) is 4.42. The molecule has 0 saturated carbocycles. The Balaban J connectivity index is 2.26. The molecule has 0 aliphatic carbocycles. The van der Waals surface area contributed by atoms with Crippen molar-refractivity contribution in [2.45, 2.75) is 27.2 Å². The van der Waals surface area contributed by atoms with E-state index in [9.17, 15) is 0 Å². The molecule has 0 aromatic heterocycles. The Morgan fingerprint density at radius 1 is 1.08 bits per heavy atom. The van der Waals surface area contributed by atoms with E-state index in [1.807, 2.05) is 44.2 Å². The molecule has 0 amide bonds. The monoisotopic (exact) mass is 374 g/mol. The summed E-state index contributed by atoms with van der Waals surface area (Å²) in [5, 5.41) is 18.3. The maximum Gasteiger partial charge on any atom is 0.123 e. The molecule has 0 atom stereocenters. The van der Waals surface area contributed by atoms with Crippen LogP contribution in [0.25, 0.3) is 0 Å². The molecular weight excluding hydrogens is 355 g/mol. The highest BCUT2D eigenvalue weighted by Crippen LogP contribution is 2.36. The number of hydrogen-bond donors (Lipinski definition) is 0. The van der Waals surface area contributed by atoms with Gasteiger partial charge >= 0.3 is 0 Å². The molecule has 2 aromatic rings. The molecule has 0 unspecified atom stereocenters. The summed E-state index contributed by atoms with van der Waals surface area (Å²) in [7, 11) is 0. The molecule has 0 spiro atoms. The molecule has 0 fully saturated rings. The molecular formula is C19H20Cl2N4. The number of aryl methyl sites for hydroxylation is 2. The van der Waals surface area contributed by atoms with Gasteiger partial charge in [0.1, 0.15) is 5.69 Å². The van der Waals surface area contributed by atoms with E-state index in [2.05, 4.69) is 28.1 Å². The highest BCUT2D eigenvalue weighted by Gasteiger charge is 2.08. The lowest BCUT2D eigenvalue weighted by Crippen LogP contribution is -2.23. The van der Waals surface area contributed by atoms with E-state index in [1.54, 1.807) is 0 Å². The minimum absolute atomic E-state index is 0.474. The van der Waals surface area contributed by atoms with Gasteiger partial charge in [0.2, 0.25) is 0 Å². The van der Waals surface area contributed by atoms with Gasteiger partial charge in [-0.05, 0) is 62.2 Å². The SMILES string of the molecule is CCN(CCC#N)c1ccc(N=Nc2c(Cl)cc(C)cc2Cl)c(C)c1. The fourth-order valence-electron chi connectivity index (χ4n) is 2.49. The van der Waals surface area contributed by atoms with Crippen LogP contribution in [-0.4, -0.2) is 13.1 Å². The lowest BCUT2D eigenvalue weighted by Gasteiger charge is -2.22. The first kappa shape index (κ1) is 19.2. The molecule has 2 aromatic carbocycles. The summed E-state index contributed by atoms with van der Waals surface area (Å²) < 4.78 is 0. The van der Waals surface area contributed by atoms with Gasteiger partial charge in [-0.1, -0.05) is 23.2 Å². The molecule has 4 nitrogen and oxygen atoms in total. The number of azo groups is 1. The molecule has 25 heavy (non-hydrogen) atoms. The van der Waals surface area contributed by atoms with E-state index in [0.29, 0.717) is 28.7 Å². The standard InChI is InChI=1S/C19H20Cl2N4/c1-4-25(9-5-8-22)15-6-7-18(14(3)12-15)23-24-19-16(20)10-13(2)11-17(19)21/h6-7,10-12H,4-5,9H2,1-3H3. The van der Waals surface area contributed by atoms with Crippen LogP contribution in [0.1, 0.15) is 24.5 Å². The molecule has 0 heterocycles. The van der Waals surface area contributed by atoms with Gasteiger partial charge in [0, 0.05) is 18.8 Å². The van der Waals surface area contributed by atoms with Crippen LogP contribution in [0, 0.1) is 25.2 Å². The number of nitrogens with zero attached hydrogens (tertiary/aromatic N) is 4. The van der Waals surface area contributed by atoms with Crippen molar-refractivity contribution in [1.82, 2.24) is 0 Å². The topological polar surface area (TPSA) is 51.8 Å². The van der Waals surface area contributed by atoms with Crippen LogP contribution in [0.5, 0.6) is 0 Å². The smallest absolute Gasteiger partial charge is 0.123 e. The van der Waals surface area contributed by atoms with Gasteiger partial charge in [-0.15, -0.1) is 5.11 Å². The fraction of sp³-hybridized carbons (Fsp3) is 0.316. The Hall–Kier alpha value is -2.09. The average molecular weight is 375 g/mol. The highest BCUT2D eigenvalue weighted by atomic mass is 35.5. The Morgan fingerprint density at radius 2 is 1.76 bits per heavy atom. The minimum atomic E-state index is 0.474. The zero-order valence-corrected chi connectivity index (χ0v) is 16.1. The zero-order chi connectivity index (χ0) is 18.4. The van der Waals surface area contributed by atoms with E-state index in [1.165, 1.54) is 0 Å². The van der Waals surface area contributed by atoms with Crippen LogP contribution in [0.4, 0.5) is 17.1 Å². The molecule has 0 aliphatic rings. The van der Waals surface area contributed by atoms with Gasteiger partial charge in [-0.25, -0.2) is 0 Å². The van der Waals surface area contributed by atoms with Gasteiger partial charge in [-0.3, -0.25) is 0 Å². The number of anilines is 1. The van der Waals surface area contributed by atoms with E-state index < -0.39 is 0 Å².